The summed E-state index contributed by atoms with van der Waals surface area (Å²) in [6, 6.07) is 10.3. The quantitative estimate of drug-likeness (QED) is 0.505. The van der Waals surface area contributed by atoms with Gasteiger partial charge in [-0.2, -0.15) is 5.26 Å². The first-order valence-corrected chi connectivity index (χ1v) is 2.71. The molecule has 0 saturated carbocycles. The number of nitrogens with zero attached hydrogens (tertiary/aromatic N) is 1. The van der Waals surface area contributed by atoms with E-state index >= 15 is 0 Å². The molecular weight excluding hydrogens is 110 g/mol. The molecular formula is C8H6N. The minimum absolute atomic E-state index is 0.730. The lowest BCUT2D eigenvalue weighted by Gasteiger charge is -1.90. The maximum atomic E-state index is 8.45. The van der Waals surface area contributed by atoms with Crippen LogP contribution in [-0.4, -0.2) is 0 Å². The molecule has 0 aromatic heterocycles. The van der Waals surface area contributed by atoms with Gasteiger partial charge in [0.1, 0.15) is 0 Å². The molecule has 0 heterocycles. The second kappa shape index (κ2) is 2.32. The molecule has 1 radical (unpaired) electrons. The Morgan fingerprint density at radius 1 is 1.67 bits per heavy atom. The molecule has 0 unspecified atom stereocenters. The van der Waals surface area contributed by atoms with Crippen LogP contribution in [0, 0.1) is 24.3 Å². The zero-order valence-electron chi connectivity index (χ0n) is 5.18. The van der Waals surface area contributed by atoms with E-state index in [1.54, 1.807) is 18.2 Å². The lowest BCUT2D eigenvalue weighted by Crippen LogP contribution is -1.77. The number of benzene rings is 1. The average Bonchev–Trinajstić information content (AvgIpc) is 1.89. The van der Waals surface area contributed by atoms with Crippen LogP contribution in [0.15, 0.2) is 18.2 Å². The van der Waals surface area contributed by atoms with Gasteiger partial charge in [-0.05, 0) is 24.6 Å². The predicted octanol–water partition coefficient (Wildman–Crippen LogP) is 1.67. The molecule has 9 heavy (non-hydrogen) atoms. The highest BCUT2D eigenvalue weighted by molar-refractivity contribution is 5.35. The molecule has 0 saturated heterocycles. The van der Waals surface area contributed by atoms with E-state index in [9.17, 15) is 0 Å². The summed E-state index contributed by atoms with van der Waals surface area (Å²) in [7, 11) is 0. The molecule has 1 aromatic carbocycles. The van der Waals surface area contributed by atoms with Crippen molar-refractivity contribution in [2.24, 2.45) is 0 Å². The first-order chi connectivity index (χ1) is 4.34. The molecule has 0 amide bonds. The van der Waals surface area contributed by atoms with E-state index in [1.807, 2.05) is 6.92 Å². The zero-order valence-corrected chi connectivity index (χ0v) is 5.18. The summed E-state index contributed by atoms with van der Waals surface area (Å²) in [4.78, 5) is 0. The van der Waals surface area contributed by atoms with Crippen molar-refractivity contribution in [1.29, 1.82) is 5.26 Å². The van der Waals surface area contributed by atoms with Crippen molar-refractivity contribution in [2.45, 2.75) is 6.92 Å². The van der Waals surface area contributed by atoms with Gasteiger partial charge in [0.05, 0.1) is 11.6 Å². The van der Waals surface area contributed by atoms with E-state index in [1.165, 1.54) is 0 Å². The highest BCUT2D eigenvalue weighted by Gasteiger charge is 1.90. The molecule has 0 atom stereocenters. The summed E-state index contributed by atoms with van der Waals surface area (Å²) in [5, 5.41) is 8.45. The van der Waals surface area contributed by atoms with Gasteiger partial charge in [0.25, 0.3) is 0 Å². The van der Waals surface area contributed by atoms with Crippen LogP contribution < -0.4 is 0 Å². The first kappa shape index (κ1) is 5.84. The second-order valence-electron chi connectivity index (χ2n) is 1.85. The van der Waals surface area contributed by atoms with Crippen LogP contribution in [0.2, 0.25) is 0 Å². The molecule has 0 aliphatic rings. The maximum Gasteiger partial charge on any atom is 0.0994 e. The monoisotopic (exact) mass is 116 g/mol. The minimum atomic E-state index is 0.730. The molecule has 0 N–H and O–H groups in total. The minimum Gasteiger partial charge on any atom is -0.192 e. The molecule has 0 fully saturated rings. The number of hydrogen-bond donors (Lipinski definition) is 0. The summed E-state index contributed by atoms with van der Waals surface area (Å²) >= 11 is 0. The van der Waals surface area contributed by atoms with Gasteiger partial charge in [-0.1, -0.05) is 12.1 Å². The molecule has 0 bridgehead atoms. The molecule has 1 nitrogen and oxygen atoms in total. The Kier molecular flexibility index (Phi) is 1.51. The number of rotatable bonds is 0. The standard InChI is InChI=1S/C8H6N/c1-7-4-2-3-5-8(7)6-9/h3-5H,1H3. The number of aryl methyl sites for hydroxylation is 1. The van der Waals surface area contributed by atoms with Gasteiger partial charge >= 0.3 is 0 Å². The van der Waals surface area contributed by atoms with Crippen LogP contribution in [-0.2, 0) is 0 Å². The summed E-state index contributed by atoms with van der Waals surface area (Å²) in [5.74, 6) is 0. The Morgan fingerprint density at radius 2 is 2.44 bits per heavy atom. The fourth-order valence-corrected chi connectivity index (χ4v) is 0.639. The molecule has 0 spiro atoms. The number of nitriles is 1. The fraction of sp³-hybridized carbons (Fsp3) is 0.125. The Hall–Kier alpha value is -1.29. The highest BCUT2D eigenvalue weighted by Crippen LogP contribution is 2.02. The molecule has 0 aliphatic carbocycles. The van der Waals surface area contributed by atoms with Crippen molar-refractivity contribution in [3.8, 4) is 6.07 Å². The van der Waals surface area contributed by atoms with Gasteiger partial charge in [0, 0.05) is 0 Å². The van der Waals surface area contributed by atoms with Crippen LogP contribution in [0.1, 0.15) is 11.1 Å². The SMILES string of the molecule is Cc1c[c]ccc1C#N. The second-order valence-corrected chi connectivity index (χ2v) is 1.85. The van der Waals surface area contributed by atoms with Crippen LogP contribution in [0.25, 0.3) is 0 Å². The van der Waals surface area contributed by atoms with Gasteiger partial charge in [-0.15, -0.1) is 0 Å². The average molecular weight is 116 g/mol. The third-order valence-corrected chi connectivity index (χ3v) is 1.19. The van der Waals surface area contributed by atoms with E-state index in [2.05, 4.69) is 12.1 Å². The predicted molar refractivity (Wildman–Crippen MR) is 34.7 cm³/mol. The summed E-state index contributed by atoms with van der Waals surface area (Å²) in [6.07, 6.45) is 0. The van der Waals surface area contributed by atoms with Crippen molar-refractivity contribution < 1.29 is 0 Å². The summed E-state index contributed by atoms with van der Waals surface area (Å²) < 4.78 is 0. The maximum absolute atomic E-state index is 8.45. The van der Waals surface area contributed by atoms with E-state index in [4.69, 9.17) is 5.26 Å². The van der Waals surface area contributed by atoms with Gasteiger partial charge in [-0.25, -0.2) is 0 Å². The van der Waals surface area contributed by atoms with Gasteiger partial charge in [0.2, 0.25) is 0 Å². The largest absolute Gasteiger partial charge is 0.192 e. The first-order valence-electron chi connectivity index (χ1n) is 2.71. The molecule has 0 aliphatic heterocycles. The summed E-state index contributed by atoms with van der Waals surface area (Å²) in [5.41, 5.74) is 1.72. The molecule has 43 valence electrons. The van der Waals surface area contributed by atoms with Gasteiger partial charge in [0.15, 0.2) is 0 Å². The van der Waals surface area contributed by atoms with Crippen molar-refractivity contribution >= 4 is 0 Å². The normalized spacial score (nSPS) is 8.44. The van der Waals surface area contributed by atoms with E-state index in [0.29, 0.717) is 0 Å². The van der Waals surface area contributed by atoms with Crippen molar-refractivity contribution in [3.05, 3.63) is 35.4 Å². The third kappa shape index (κ3) is 1.09. The van der Waals surface area contributed by atoms with Crippen molar-refractivity contribution in [1.82, 2.24) is 0 Å². The molecule has 1 rings (SSSR count). The van der Waals surface area contributed by atoms with Gasteiger partial charge in [-0.3, -0.25) is 0 Å². The van der Waals surface area contributed by atoms with Crippen LogP contribution in [0.4, 0.5) is 0 Å². The zero-order chi connectivity index (χ0) is 6.69. The smallest absolute Gasteiger partial charge is 0.0994 e. The van der Waals surface area contributed by atoms with Crippen LogP contribution in [0.3, 0.4) is 0 Å². The van der Waals surface area contributed by atoms with Crippen molar-refractivity contribution in [2.75, 3.05) is 0 Å². The lowest BCUT2D eigenvalue weighted by atomic mass is 10.1. The van der Waals surface area contributed by atoms with Crippen LogP contribution in [0.5, 0.6) is 0 Å². The Bertz CT molecular complexity index is 245. The Labute approximate surface area is 54.6 Å². The summed E-state index contributed by atoms with van der Waals surface area (Å²) in [6.45, 7) is 1.90. The molecule has 1 aromatic rings. The van der Waals surface area contributed by atoms with Crippen molar-refractivity contribution in [3.63, 3.8) is 0 Å². The van der Waals surface area contributed by atoms with E-state index in [0.717, 1.165) is 11.1 Å². The fourth-order valence-electron chi connectivity index (χ4n) is 0.639. The third-order valence-electron chi connectivity index (χ3n) is 1.19. The van der Waals surface area contributed by atoms with Crippen LogP contribution >= 0.6 is 0 Å². The highest BCUT2D eigenvalue weighted by atomic mass is 14.2. The topological polar surface area (TPSA) is 23.8 Å². The van der Waals surface area contributed by atoms with E-state index < -0.39 is 0 Å². The Morgan fingerprint density at radius 3 is 2.89 bits per heavy atom. The van der Waals surface area contributed by atoms with Gasteiger partial charge < -0.3 is 0 Å². The molecule has 1 heteroatoms. The Balaban J connectivity index is 3.20. The van der Waals surface area contributed by atoms with E-state index in [-0.39, 0.29) is 0 Å². The lowest BCUT2D eigenvalue weighted by molar-refractivity contribution is 1.39. The number of hydrogen-bond acceptors (Lipinski definition) is 1.